The Kier molecular flexibility index (Phi) is 46.9. The highest BCUT2D eigenvalue weighted by Gasteiger charge is 2.19. The number of hydrogen-bond donors (Lipinski definition) is 0. The second-order valence-electron chi connectivity index (χ2n) is 16.7. The van der Waals surface area contributed by atoms with E-state index >= 15 is 0 Å². The van der Waals surface area contributed by atoms with Crippen molar-refractivity contribution in [2.24, 2.45) is 0 Å². The average Bonchev–Trinajstić information content (AvgIpc) is 3.26. The van der Waals surface area contributed by atoms with E-state index in [2.05, 4.69) is 87.6 Å². The first-order valence-corrected chi connectivity index (χ1v) is 25.4. The third-order valence-corrected chi connectivity index (χ3v) is 10.7. The van der Waals surface area contributed by atoms with E-state index in [1.54, 1.807) is 0 Å². The van der Waals surface area contributed by atoms with Gasteiger partial charge in [0.1, 0.15) is 13.2 Å². The zero-order valence-electron chi connectivity index (χ0n) is 39.9. The smallest absolute Gasteiger partial charge is 0.306 e. The molecule has 0 aliphatic rings. The number of hydrogen-bond acceptors (Lipinski definition) is 6. The van der Waals surface area contributed by atoms with Gasteiger partial charge in [-0.15, -0.1) is 0 Å². The molecule has 0 saturated heterocycles. The Balaban J connectivity index is 4.50. The maximum atomic E-state index is 12.8. The Morgan fingerprint density at radius 1 is 0.344 bits per heavy atom. The molecule has 6 heteroatoms. The van der Waals surface area contributed by atoms with E-state index in [1.807, 2.05) is 6.08 Å². The van der Waals surface area contributed by atoms with Crippen LogP contribution in [0.15, 0.2) is 72.9 Å². The summed E-state index contributed by atoms with van der Waals surface area (Å²) in [5.41, 5.74) is 0. The topological polar surface area (TPSA) is 78.9 Å². The fourth-order valence-electron chi connectivity index (χ4n) is 6.90. The first-order chi connectivity index (χ1) is 30.0. The van der Waals surface area contributed by atoms with Crippen molar-refractivity contribution in [1.29, 1.82) is 0 Å². The number of unbranched alkanes of at least 4 members (excludes halogenated alkanes) is 22. The van der Waals surface area contributed by atoms with Gasteiger partial charge in [-0.3, -0.25) is 14.4 Å². The largest absolute Gasteiger partial charge is 0.462 e. The van der Waals surface area contributed by atoms with Crippen LogP contribution in [0.25, 0.3) is 0 Å². The third kappa shape index (κ3) is 47.7. The minimum absolute atomic E-state index is 0.105. The van der Waals surface area contributed by atoms with E-state index < -0.39 is 6.10 Å². The Labute approximate surface area is 376 Å². The predicted octanol–water partition coefficient (Wildman–Crippen LogP) is 16.6. The summed E-state index contributed by atoms with van der Waals surface area (Å²) in [6.45, 7) is 6.44. The number of allylic oxidation sites excluding steroid dienone is 12. The average molecular weight is 851 g/mol. The monoisotopic (exact) mass is 851 g/mol. The normalized spacial score (nSPS) is 12.6. The van der Waals surface area contributed by atoms with Gasteiger partial charge in [0, 0.05) is 19.3 Å². The molecule has 0 aromatic heterocycles. The molecule has 0 radical (unpaired) electrons. The van der Waals surface area contributed by atoms with E-state index in [0.29, 0.717) is 19.3 Å². The van der Waals surface area contributed by atoms with Crippen molar-refractivity contribution in [3.8, 4) is 0 Å². The molecule has 0 saturated carbocycles. The number of esters is 3. The Morgan fingerprint density at radius 2 is 0.672 bits per heavy atom. The molecule has 1 unspecified atom stereocenters. The van der Waals surface area contributed by atoms with Gasteiger partial charge in [-0.25, -0.2) is 0 Å². The van der Waals surface area contributed by atoms with Crippen molar-refractivity contribution in [3.05, 3.63) is 72.9 Å². The lowest BCUT2D eigenvalue weighted by molar-refractivity contribution is -0.166. The van der Waals surface area contributed by atoms with Crippen LogP contribution < -0.4 is 0 Å². The summed E-state index contributed by atoms with van der Waals surface area (Å²) in [4.78, 5) is 37.9. The molecular weight excluding hydrogens is 757 g/mol. The summed E-state index contributed by atoms with van der Waals surface area (Å²) in [6.07, 6.45) is 61.8. The lowest BCUT2D eigenvalue weighted by Crippen LogP contribution is -2.30. The maximum Gasteiger partial charge on any atom is 0.306 e. The van der Waals surface area contributed by atoms with Gasteiger partial charge in [-0.1, -0.05) is 216 Å². The molecule has 61 heavy (non-hydrogen) atoms. The van der Waals surface area contributed by atoms with Crippen molar-refractivity contribution < 1.29 is 28.6 Å². The predicted molar refractivity (Wildman–Crippen MR) is 261 cm³/mol. The summed E-state index contributed by atoms with van der Waals surface area (Å²) in [5.74, 6) is -1.00. The lowest BCUT2D eigenvalue weighted by Gasteiger charge is -2.18. The first-order valence-electron chi connectivity index (χ1n) is 25.4. The molecule has 0 aliphatic heterocycles. The van der Waals surface area contributed by atoms with Crippen LogP contribution in [0.2, 0.25) is 0 Å². The van der Waals surface area contributed by atoms with E-state index in [0.717, 1.165) is 83.5 Å². The van der Waals surface area contributed by atoms with Crippen LogP contribution in [-0.2, 0) is 28.6 Å². The summed E-state index contributed by atoms with van der Waals surface area (Å²) in [6, 6.07) is 0. The molecule has 350 valence electrons. The summed E-state index contributed by atoms with van der Waals surface area (Å²) in [7, 11) is 0. The van der Waals surface area contributed by atoms with Crippen molar-refractivity contribution in [2.75, 3.05) is 13.2 Å². The molecule has 0 heterocycles. The lowest BCUT2D eigenvalue weighted by atomic mass is 10.0. The van der Waals surface area contributed by atoms with Gasteiger partial charge in [-0.2, -0.15) is 0 Å². The minimum Gasteiger partial charge on any atom is -0.462 e. The van der Waals surface area contributed by atoms with Crippen LogP contribution in [0.3, 0.4) is 0 Å². The van der Waals surface area contributed by atoms with Crippen LogP contribution in [-0.4, -0.2) is 37.2 Å². The van der Waals surface area contributed by atoms with Crippen molar-refractivity contribution >= 4 is 17.9 Å². The number of carbonyl (C=O) groups is 3. The van der Waals surface area contributed by atoms with E-state index in [-0.39, 0.29) is 37.5 Å². The molecule has 0 bridgehead atoms. The van der Waals surface area contributed by atoms with Gasteiger partial charge in [-0.05, 0) is 77.0 Å². The fraction of sp³-hybridized carbons (Fsp3) is 0.727. The third-order valence-electron chi connectivity index (χ3n) is 10.7. The van der Waals surface area contributed by atoms with Gasteiger partial charge in [0.2, 0.25) is 0 Å². The highest BCUT2D eigenvalue weighted by atomic mass is 16.6. The number of rotatable bonds is 45. The zero-order valence-corrected chi connectivity index (χ0v) is 39.9. The van der Waals surface area contributed by atoms with Gasteiger partial charge < -0.3 is 14.2 Å². The fourth-order valence-corrected chi connectivity index (χ4v) is 6.90. The second-order valence-corrected chi connectivity index (χ2v) is 16.7. The molecule has 0 aromatic carbocycles. The van der Waals surface area contributed by atoms with Crippen LogP contribution >= 0.6 is 0 Å². The SMILES string of the molecule is CC/C=C\C/C=C\C/C=C\C/C=C\C/C=C\CCC(=O)OCC(COC(=O)CCCCC/C=C\CCCCCCCC)OC(=O)CCCCCCCCCCCCCCCC. The Hall–Kier alpha value is -3.15. The molecule has 0 aromatic rings. The molecule has 0 aliphatic carbocycles. The van der Waals surface area contributed by atoms with E-state index in [9.17, 15) is 14.4 Å². The number of ether oxygens (including phenoxy) is 3. The van der Waals surface area contributed by atoms with Gasteiger partial charge in [0.15, 0.2) is 6.10 Å². The Bertz CT molecular complexity index is 1160. The molecule has 0 rings (SSSR count). The molecular formula is C55H94O6. The standard InChI is InChI=1S/C55H94O6/c1-4-7-10-13-16-19-22-25-27-28-31-33-36-39-42-45-48-54(57)60-51-52(50-59-53(56)47-44-41-38-35-32-29-24-21-18-15-12-9-6-3)61-55(58)49-46-43-40-37-34-30-26-23-20-17-14-11-8-5-2/h7,10,16,19,25,27,29,31-33,39,42,52H,4-6,8-9,11-15,17-18,20-24,26,28,30,34-38,40-41,43-51H2,1-3H3/b10-7-,19-16-,27-25-,32-29-,33-31-,42-39-. The van der Waals surface area contributed by atoms with E-state index in [1.165, 1.54) is 109 Å². The molecule has 1 atom stereocenters. The highest BCUT2D eigenvalue weighted by molar-refractivity contribution is 5.71. The van der Waals surface area contributed by atoms with Crippen molar-refractivity contribution in [2.45, 2.75) is 245 Å². The summed E-state index contributed by atoms with van der Waals surface area (Å²) in [5, 5.41) is 0. The second kappa shape index (κ2) is 49.5. The molecule has 0 fully saturated rings. The molecule has 0 N–H and O–H groups in total. The Morgan fingerprint density at radius 3 is 1.11 bits per heavy atom. The quantitative estimate of drug-likeness (QED) is 0.0263. The van der Waals surface area contributed by atoms with E-state index in [4.69, 9.17) is 14.2 Å². The van der Waals surface area contributed by atoms with Crippen molar-refractivity contribution in [3.63, 3.8) is 0 Å². The van der Waals surface area contributed by atoms with Crippen LogP contribution in [0.5, 0.6) is 0 Å². The van der Waals surface area contributed by atoms with Crippen LogP contribution in [0.4, 0.5) is 0 Å². The van der Waals surface area contributed by atoms with Crippen LogP contribution in [0.1, 0.15) is 239 Å². The maximum absolute atomic E-state index is 12.8. The molecule has 0 spiro atoms. The van der Waals surface area contributed by atoms with Gasteiger partial charge >= 0.3 is 17.9 Å². The van der Waals surface area contributed by atoms with Gasteiger partial charge in [0.05, 0.1) is 0 Å². The first kappa shape index (κ1) is 57.9. The highest BCUT2D eigenvalue weighted by Crippen LogP contribution is 2.15. The summed E-state index contributed by atoms with van der Waals surface area (Å²) >= 11 is 0. The zero-order chi connectivity index (χ0) is 44.4. The van der Waals surface area contributed by atoms with Crippen molar-refractivity contribution in [1.82, 2.24) is 0 Å². The van der Waals surface area contributed by atoms with Gasteiger partial charge in [0.25, 0.3) is 0 Å². The molecule has 0 amide bonds. The molecule has 6 nitrogen and oxygen atoms in total. The minimum atomic E-state index is -0.808. The summed E-state index contributed by atoms with van der Waals surface area (Å²) < 4.78 is 16.7. The van der Waals surface area contributed by atoms with Crippen LogP contribution in [0, 0.1) is 0 Å². The number of carbonyl (C=O) groups excluding carboxylic acids is 3.